The number of nitrogens with zero attached hydrogens (tertiary/aromatic N) is 3. The fraction of sp³-hybridized carbons (Fsp3) is 0.765. The molecular formula is C17H30N4. The lowest BCUT2D eigenvalue weighted by Crippen LogP contribution is -2.37. The fourth-order valence-electron chi connectivity index (χ4n) is 3.05. The number of nitrogens with one attached hydrogen (secondary N) is 1. The molecule has 1 aliphatic carbocycles. The molecule has 0 aliphatic heterocycles. The average Bonchev–Trinajstić information content (AvgIpc) is 2.46. The Morgan fingerprint density at radius 2 is 1.90 bits per heavy atom. The summed E-state index contributed by atoms with van der Waals surface area (Å²) in [4.78, 5) is 11.6. The van der Waals surface area contributed by atoms with Crippen LogP contribution >= 0.6 is 0 Å². The molecule has 0 radical (unpaired) electrons. The second-order valence-electron chi connectivity index (χ2n) is 6.92. The largest absolute Gasteiger partial charge is 0.370 e. The maximum atomic E-state index is 4.72. The van der Waals surface area contributed by atoms with Crippen molar-refractivity contribution in [2.45, 2.75) is 65.8 Å². The van der Waals surface area contributed by atoms with Gasteiger partial charge in [-0.15, -0.1) is 0 Å². The highest BCUT2D eigenvalue weighted by Crippen LogP contribution is 2.37. The van der Waals surface area contributed by atoms with Crippen molar-refractivity contribution in [2.24, 2.45) is 5.41 Å². The fourth-order valence-corrected chi connectivity index (χ4v) is 3.05. The summed E-state index contributed by atoms with van der Waals surface area (Å²) in [5, 5.41) is 3.32. The third kappa shape index (κ3) is 4.08. The van der Waals surface area contributed by atoms with Crippen LogP contribution in [0.25, 0.3) is 0 Å². The summed E-state index contributed by atoms with van der Waals surface area (Å²) in [5.74, 6) is 2.93. The number of anilines is 2. The van der Waals surface area contributed by atoms with E-state index in [4.69, 9.17) is 4.98 Å². The molecule has 1 N–H and O–H groups in total. The van der Waals surface area contributed by atoms with Gasteiger partial charge < -0.3 is 10.2 Å². The summed E-state index contributed by atoms with van der Waals surface area (Å²) in [6.07, 6.45) is 5.98. The SMILES string of the molecule is CCNc1cc(N(C)C2CCC(C)(C)CC2)nc(CC)n1. The summed E-state index contributed by atoms with van der Waals surface area (Å²) >= 11 is 0. The Balaban J connectivity index is 2.14. The van der Waals surface area contributed by atoms with E-state index in [9.17, 15) is 0 Å². The van der Waals surface area contributed by atoms with Crippen LogP contribution in [0.5, 0.6) is 0 Å². The topological polar surface area (TPSA) is 41.0 Å². The van der Waals surface area contributed by atoms with Crippen LogP contribution in [-0.4, -0.2) is 29.6 Å². The zero-order valence-corrected chi connectivity index (χ0v) is 14.2. The highest BCUT2D eigenvalue weighted by Gasteiger charge is 2.29. The molecule has 0 unspecified atom stereocenters. The van der Waals surface area contributed by atoms with Crippen molar-refractivity contribution in [3.8, 4) is 0 Å². The molecule has 0 atom stereocenters. The lowest BCUT2D eigenvalue weighted by Gasteiger charge is -2.39. The monoisotopic (exact) mass is 290 g/mol. The number of rotatable bonds is 5. The second-order valence-corrected chi connectivity index (χ2v) is 6.92. The van der Waals surface area contributed by atoms with Crippen molar-refractivity contribution in [2.75, 3.05) is 23.8 Å². The van der Waals surface area contributed by atoms with Gasteiger partial charge >= 0.3 is 0 Å². The van der Waals surface area contributed by atoms with E-state index in [1.807, 2.05) is 0 Å². The van der Waals surface area contributed by atoms with Crippen LogP contribution in [0.15, 0.2) is 6.07 Å². The number of hydrogen-bond acceptors (Lipinski definition) is 4. The van der Waals surface area contributed by atoms with Crippen molar-refractivity contribution in [1.29, 1.82) is 0 Å². The van der Waals surface area contributed by atoms with Crippen molar-refractivity contribution in [3.63, 3.8) is 0 Å². The molecule has 0 spiro atoms. The lowest BCUT2D eigenvalue weighted by atomic mass is 9.75. The van der Waals surface area contributed by atoms with Crippen molar-refractivity contribution in [3.05, 3.63) is 11.9 Å². The van der Waals surface area contributed by atoms with Gasteiger partial charge in [0, 0.05) is 32.1 Å². The van der Waals surface area contributed by atoms with Gasteiger partial charge in [-0.05, 0) is 38.0 Å². The molecule has 1 heterocycles. The smallest absolute Gasteiger partial charge is 0.134 e. The summed E-state index contributed by atoms with van der Waals surface area (Å²) in [7, 11) is 2.18. The Bertz CT molecular complexity index is 460. The van der Waals surface area contributed by atoms with Gasteiger partial charge in [0.05, 0.1) is 0 Å². The van der Waals surface area contributed by atoms with Crippen LogP contribution in [-0.2, 0) is 6.42 Å². The minimum absolute atomic E-state index is 0.506. The van der Waals surface area contributed by atoms with Crippen LogP contribution in [0.4, 0.5) is 11.6 Å². The lowest BCUT2D eigenvalue weighted by molar-refractivity contribution is 0.222. The first kappa shape index (κ1) is 16.1. The van der Waals surface area contributed by atoms with Crippen molar-refractivity contribution < 1.29 is 0 Å². The Kier molecular flexibility index (Phi) is 5.07. The van der Waals surface area contributed by atoms with E-state index in [0.29, 0.717) is 11.5 Å². The summed E-state index contributed by atoms with van der Waals surface area (Å²) < 4.78 is 0. The first-order chi connectivity index (χ1) is 9.95. The van der Waals surface area contributed by atoms with Gasteiger partial charge in [-0.25, -0.2) is 9.97 Å². The summed E-state index contributed by atoms with van der Waals surface area (Å²) in [5.41, 5.74) is 0.506. The van der Waals surface area contributed by atoms with Gasteiger partial charge in [0.1, 0.15) is 17.5 Å². The normalized spacial score (nSPS) is 18.5. The maximum Gasteiger partial charge on any atom is 0.134 e. The van der Waals surface area contributed by atoms with Crippen LogP contribution in [0, 0.1) is 5.41 Å². The van der Waals surface area contributed by atoms with E-state index in [-0.39, 0.29) is 0 Å². The van der Waals surface area contributed by atoms with Crippen molar-refractivity contribution >= 4 is 11.6 Å². The minimum atomic E-state index is 0.506. The zero-order valence-electron chi connectivity index (χ0n) is 14.2. The molecule has 0 aromatic carbocycles. The highest BCUT2D eigenvalue weighted by atomic mass is 15.2. The first-order valence-corrected chi connectivity index (χ1v) is 8.30. The first-order valence-electron chi connectivity index (χ1n) is 8.30. The second kappa shape index (κ2) is 6.63. The number of aromatic nitrogens is 2. The third-order valence-electron chi connectivity index (χ3n) is 4.65. The van der Waals surface area contributed by atoms with E-state index in [1.165, 1.54) is 25.7 Å². The zero-order chi connectivity index (χ0) is 15.5. The predicted molar refractivity (Wildman–Crippen MR) is 90.0 cm³/mol. The Morgan fingerprint density at radius 1 is 1.24 bits per heavy atom. The van der Waals surface area contributed by atoms with Gasteiger partial charge in [-0.3, -0.25) is 0 Å². The molecule has 4 nitrogen and oxygen atoms in total. The van der Waals surface area contributed by atoms with Crippen LogP contribution in [0.2, 0.25) is 0 Å². The minimum Gasteiger partial charge on any atom is -0.370 e. The maximum absolute atomic E-state index is 4.72. The highest BCUT2D eigenvalue weighted by molar-refractivity contribution is 5.49. The van der Waals surface area contributed by atoms with Gasteiger partial charge in [-0.1, -0.05) is 20.8 Å². The molecule has 1 saturated carbocycles. The van der Waals surface area contributed by atoms with Gasteiger partial charge in [-0.2, -0.15) is 0 Å². The van der Waals surface area contributed by atoms with Gasteiger partial charge in [0.25, 0.3) is 0 Å². The van der Waals surface area contributed by atoms with E-state index >= 15 is 0 Å². The number of aryl methyl sites for hydroxylation is 1. The molecule has 4 heteroatoms. The Labute approximate surface area is 129 Å². The quantitative estimate of drug-likeness (QED) is 0.893. The van der Waals surface area contributed by atoms with Gasteiger partial charge in [0.15, 0.2) is 0 Å². The van der Waals surface area contributed by atoms with E-state index in [2.05, 4.69) is 56.0 Å². The Hall–Kier alpha value is -1.32. The van der Waals surface area contributed by atoms with Gasteiger partial charge in [0.2, 0.25) is 0 Å². The van der Waals surface area contributed by atoms with Crippen LogP contribution in [0.3, 0.4) is 0 Å². The summed E-state index contributed by atoms with van der Waals surface area (Å²) in [6.45, 7) is 9.86. The molecule has 21 heavy (non-hydrogen) atoms. The molecule has 1 aliphatic rings. The molecule has 0 bridgehead atoms. The summed E-state index contributed by atoms with van der Waals surface area (Å²) in [6, 6.07) is 2.69. The van der Waals surface area contributed by atoms with Crippen molar-refractivity contribution in [1.82, 2.24) is 9.97 Å². The molecule has 118 valence electrons. The average molecular weight is 290 g/mol. The molecule has 1 aromatic heterocycles. The molecular weight excluding hydrogens is 260 g/mol. The Morgan fingerprint density at radius 3 is 2.48 bits per heavy atom. The molecule has 1 fully saturated rings. The molecule has 2 rings (SSSR count). The predicted octanol–water partition coefficient (Wildman–Crippen LogP) is 3.88. The van der Waals surface area contributed by atoms with Crippen LogP contribution in [0.1, 0.15) is 59.2 Å². The van der Waals surface area contributed by atoms with E-state index in [0.717, 1.165) is 30.4 Å². The molecule has 0 amide bonds. The van der Waals surface area contributed by atoms with Crippen LogP contribution < -0.4 is 10.2 Å². The standard InChI is InChI=1S/C17H30N4/c1-6-14-19-15(18-7-2)12-16(20-14)21(5)13-8-10-17(3,4)11-9-13/h12-13H,6-11H2,1-5H3,(H,18,19,20). The van der Waals surface area contributed by atoms with E-state index < -0.39 is 0 Å². The third-order valence-corrected chi connectivity index (χ3v) is 4.65. The molecule has 0 saturated heterocycles. The van der Waals surface area contributed by atoms with E-state index in [1.54, 1.807) is 0 Å². The number of hydrogen-bond donors (Lipinski definition) is 1. The molecule has 1 aromatic rings.